The van der Waals surface area contributed by atoms with Crippen LogP contribution in [0.15, 0.2) is 72.9 Å². The van der Waals surface area contributed by atoms with E-state index in [1.165, 1.54) is 6.08 Å². The number of amides is 1. The molecule has 0 radical (unpaired) electrons. The van der Waals surface area contributed by atoms with E-state index in [4.69, 9.17) is 5.11 Å². The highest BCUT2D eigenvalue weighted by Crippen LogP contribution is 2.22. The highest BCUT2D eigenvalue weighted by atomic mass is 16.4. The molecule has 0 aliphatic heterocycles. The predicted octanol–water partition coefficient (Wildman–Crippen LogP) is 4.48. The number of benzene rings is 2. The minimum Gasteiger partial charge on any atom is -0.478 e. The summed E-state index contributed by atoms with van der Waals surface area (Å²) in [6.45, 7) is 0. The second-order valence-corrected chi connectivity index (χ2v) is 6.68. The van der Waals surface area contributed by atoms with Crippen molar-refractivity contribution < 1.29 is 14.7 Å². The van der Waals surface area contributed by atoms with Gasteiger partial charge in [-0.2, -0.15) is 5.10 Å². The second kappa shape index (κ2) is 8.87. The Balaban J connectivity index is 1.60. The molecular formula is C24H18N4O3. The van der Waals surface area contributed by atoms with Gasteiger partial charge in [-0.25, -0.2) is 9.78 Å². The minimum absolute atomic E-state index is 0.240. The lowest BCUT2D eigenvalue weighted by molar-refractivity contribution is -0.131. The normalized spacial score (nSPS) is 11.4. The van der Waals surface area contributed by atoms with Gasteiger partial charge in [0.2, 0.25) is 0 Å². The van der Waals surface area contributed by atoms with Gasteiger partial charge >= 0.3 is 5.97 Å². The molecule has 0 unspecified atom stereocenters. The quantitative estimate of drug-likeness (QED) is 0.406. The third-order valence-electron chi connectivity index (χ3n) is 4.56. The van der Waals surface area contributed by atoms with Crippen LogP contribution < -0.4 is 5.32 Å². The lowest BCUT2D eigenvalue weighted by Gasteiger charge is -2.07. The van der Waals surface area contributed by atoms with Crippen molar-refractivity contribution in [1.82, 2.24) is 15.2 Å². The van der Waals surface area contributed by atoms with Crippen molar-refractivity contribution in [3.63, 3.8) is 0 Å². The van der Waals surface area contributed by atoms with E-state index in [1.807, 2.05) is 36.4 Å². The fourth-order valence-corrected chi connectivity index (χ4v) is 3.04. The molecule has 0 aliphatic carbocycles. The van der Waals surface area contributed by atoms with Crippen molar-refractivity contribution in [1.29, 1.82) is 0 Å². The number of carboxylic acids is 1. The summed E-state index contributed by atoms with van der Waals surface area (Å²) in [5, 5.41) is 19.8. The number of nitrogens with one attached hydrogen (secondary N) is 2. The van der Waals surface area contributed by atoms with E-state index in [0.717, 1.165) is 33.8 Å². The van der Waals surface area contributed by atoms with Crippen LogP contribution in [-0.2, 0) is 4.79 Å². The number of aromatic nitrogens is 3. The molecule has 1 amide bonds. The summed E-state index contributed by atoms with van der Waals surface area (Å²) in [5.41, 5.74) is 3.55. The number of aromatic amines is 1. The lowest BCUT2D eigenvalue weighted by Crippen LogP contribution is -2.13. The van der Waals surface area contributed by atoms with E-state index in [0.29, 0.717) is 11.4 Å². The third-order valence-corrected chi connectivity index (χ3v) is 4.56. The van der Waals surface area contributed by atoms with E-state index in [9.17, 15) is 9.59 Å². The van der Waals surface area contributed by atoms with Gasteiger partial charge in [-0.15, -0.1) is 0 Å². The van der Waals surface area contributed by atoms with Crippen molar-refractivity contribution >= 4 is 46.8 Å². The van der Waals surface area contributed by atoms with Gasteiger partial charge in [0.15, 0.2) is 0 Å². The predicted molar refractivity (Wildman–Crippen MR) is 120 cm³/mol. The molecule has 0 bridgehead atoms. The maximum atomic E-state index is 12.5. The minimum atomic E-state index is -1.01. The van der Waals surface area contributed by atoms with Crippen molar-refractivity contribution in [2.75, 3.05) is 5.32 Å². The Morgan fingerprint density at radius 2 is 1.81 bits per heavy atom. The highest BCUT2D eigenvalue weighted by Gasteiger charge is 2.09. The fourth-order valence-electron chi connectivity index (χ4n) is 3.04. The number of hydrogen-bond donors (Lipinski definition) is 3. The maximum Gasteiger partial charge on any atom is 0.328 e. The first-order valence-corrected chi connectivity index (χ1v) is 9.49. The number of rotatable bonds is 6. The van der Waals surface area contributed by atoms with E-state index >= 15 is 0 Å². The summed E-state index contributed by atoms with van der Waals surface area (Å²) in [6, 6.07) is 18.1. The zero-order valence-electron chi connectivity index (χ0n) is 16.3. The van der Waals surface area contributed by atoms with Gasteiger partial charge < -0.3 is 10.4 Å². The number of aliphatic carboxylic acids is 1. The van der Waals surface area contributed by atoms with Gasteiger partial charge in [0.25, 0.3) is 5.91 Å². The summed E-state index contributed by atoms with van der Waals surface area (Å²) in [5.74, 6) is -0.800. The Bertz CT molecular complexity index is 1310. The molecule has 3 N–H and O–H groups in total. The largest absolute Gasteiger partial charge is 0.478 e. The number of H-pyrrole nitrogens is 1. The second-order valence-electron chi connectivity index (χ2n) is 6.68. The number of hydrogen-bond acceptors (Lipinski definition) is 4. The molecule has 7 heteroatoms. The number of fused-ring (bicyclic) bond motifs is 1. The van der Waals surface area contributed by atoms with Crippen molar-refractivity contribution in [2.45, 2.75) is 0 Å². The van der Waals surface area contributed by atoms with Crippen LogP contribution in [0.4, 0.5) is 5.82 Å². The Morgan fingerprint density at radius 3 is 2.61 bits per heavy atom. The van der Waals surface area contributed by atoms with Crippen LogP contribution in [-0.4, -0.2) is 32.2 Å². The number of carbonyl (C=O) groups excluding carboxylic acids is 1. The van der Waals surface area contributed by atoms with Crippen molar-refractivity contribution in [3.05, 3.63) is 95.3 Å². The summed E-state index contributed by atoms with van der Waals surface area (Å²) in [6.07, 6.45) is 7.91. The van der Waals surface area contributed by atoms with Gasteiger partial charge in [-0.1, -0.05) is 24.3 Å². The zero-order valence-corrected chi connectivity index (χ0v) is 16.3. The smallest absolute Gasteiger partial charge is 0.328 e. The van der Waals surface area contributed by atoms with Crippen molar-refractivity contribution in [3.8, 4) is 0 Å². The Labute approximate surface area is 177 Å². The standard InChI is InChI=1S/C24H18N4O3/c29-22(30)13-9-16-8-11-20-19(15-16)21(28-27-20)12-10-17-7-4-14-25-23(17)26-24(31)18-5-2-1-3-6-18/h1-15H,(H,27,28)(H,29,30)(H,25,26,31)/b12-10+,13-9+. The fraction of sp³-hybridized carbons (Fsp3) is 0. The molecule has 0 spiro atoms. The van der Waals surface area contributed by atoms with E-state index in [2.05, 4.69) is 20.5 Å². The molecule has 31 heavy (non-hydrogen) atoms. The Kier molecular flexibility index (Phi) is 5.66. The summed E-state index contributed by atoms with van der Waals surface area (Å²) < 4.78 is 0. The first-order chi connectivity index (χ1) is 15.1. The van der Waals surface area contributed by atoms with Gasteiger partial charge in [-0.05, 0) is 60.2 Å². The number of anilines is 1. The molecule has 4 rings (SSSR count). The summed E-state index contributed by atoms with van der Waals surface area (Å²) in [4.78, 5) is 27.5. The maximum absolute atomic E-state index is 12.5. The van der Waals surface area contributed by atoms with Crippen LogP contribution in [0.5, 0.6) is 0 Å². The highest BCUT2D eigenvalue weighted by molar-refractivity contribution is 6.05. The van der Waals surface area contributed by atoms with E-state index in [1.54, 1.807) is 42.6 Å². The Morgan fingerprint density at radius 1 is 0.968 bits per heavy atom. The molecular weight excluding hydrogens is 392 g/mol. The Hall–Kier alpha value is -4.52. The molecule has 2 heterocycles. The SMILES string of the molecule is O=C(O)/C=C/c1ccc2n[nH]c(/C=C/c3cccnc3NC(=O)c3ccccc3)c2c1. The molecule has 7 nitrogen and oxygen atoms in total. The average Bonchev–Trinajstić information content (AvgIpc) is 3.20. The van der Waals surface area contributed by atoms with Gasteiger partial charge in [0.1, 0.15) is 5.82 Å². The molecule has 2 aromatic heterocycles. The first-order valence-electron chi connectivity index (χ1n) is 9.49. The molecule has 2 aromatic carbocycles. The lowest BCUT2D eigenvalue weighted by atomic mass is 10.1. The molecule has 0 atom stereocenters. The van der Waals surface area contributed by atoms with E-state index in [-0.39, 0.29) is 5.91 Å². The van der Waals surface area contributed by atoms with Crippen molar-refractivity contribution in [2.24, 2.45) is 0 Å². The molecule has 0 fully saturated rings. The molecule has 0 aliphatic rings. The molecule has 4 aromatic rings. The number of nitrogens with zero attached hydrogens (tertiary/aromatic N) is 2. The summed E-state index contributed by atoms with van der Waals surface area (Å²) >= 11 is 0. The molecule has 0 saturated heterocycles. The monoisotopic (exact) mass is 410 g/mol. The third kappa shape index (κ3) is 4.73. The van der Waals surface area contributed by atoms with Gasteiger partial charge in [0.05, 0.1) is 11.2 Å². The number of carbonyl (C=O) groups is 2. The summed E-state index contributed by atoms with van der Waals surface area (Å²) in [7, 11) is 0. The number of carboxylic acid groups (broad SMARTS) is 1. The number of pyridine rings is 1. The van der Waals surface area contributed by atoms with Crippen LogP contribution in [0, 0.1) is 0 Å². The van der Waals surface area contributed by atoms with Crippen LogP contribution in [0.25, 0.3) is 29.1 Å². The average molecular weight is 410 g/mol. The topological polar surface area (TPSA) is 108 Å². The van der Waals surface area contributed by atoms with Crippen LogP contribution in [0.3, 0.4) is 0 Å². The van der Waals surface area contributed by atoms with Gasteiger partial charge in [-0.3, -0.25) is 9.89 Å². The van der Waals surface area contributed by atoms with Crippen LogP contribution >= 0.6 is 0 Å². The van der Waals surface area contributed by atoms with E-state index < -0.39 is 5.97 Å². The van der Waals surface area contributed by atoms with Gasteiger partial charge in [0, 0.05) is 28.8 Å². The zero-order chi connectivity index (χ0) is 21.6. The molecule has 152 valence electrons. The first kappa shape index (κ1) is 19.8. The molecule has 0 saturated carbocycles. The van der Waals surface area contributed by atoms with Crippen LogP contribution in [0.1, 0.15) is 27.2 Å². The van der Waals surface area contributed by atoms with Crippen LogP contribution in [0.2, 0.25) is 0 Å².